The van der Waals surface area contributed by atoms with Crippen molar-refractivity contribution in [3.8, 4) is 10.9 Å². The van der Waals surface area contributed by atoms with Crippen LogP contribution in [0.25, 0.3) is 0 Å². The topological polar surface area (TPSA) is 59.4 Å². The van der Waals surface area contributed by atoms with E-state index in [0.29, 0.717) is 10.3 Å². The number of ether oxygens (including phenoxy) is 1. The van der Waals surface area contributed by atoms with Gasteiger partial charge in [0.1, 0.15) is 16.5 Å². The van der Waals surface area contributed by atoms with Crippen molar-refractivity contribution in [2.45, 2.75) is 0 Å². The number of nitrogens with zero attached hydrogens (tertiary/aromatic N) is 1. The summed E-state index contributed by atoms with van der Waals surface area (Å²) in [5.41, 5.74) is 0.100. The second kappa shape index (κ2) is 5.19. The fourth-order valence-electron chi connectivity index (χ4n) is 1.14. The summed E-state index contributed by atoms with van der Waals surface area (Å²) in [7, 11) is 0. The average Bonchev–Trinajstić information content (AvgIpc) is 2.66. The second-order valence-electron chi connectivity index (χ2n) is 2.98. The highest BCUT2D eigenvalue weighted by atomic mass is 127. The Morgan fingerprint density at radius 3 is 2.88 bits per heavy atom. The van der Waals surface area contributed by atoms with Crippen LogP contribution in [-0.2, 0) is 0 Å². The molecule has 0 fully saturated rings. The number of aromatic nitrogens is 1. The SMILES string of the molecule is O=C(O)c1cc(I)ccc1Oc1nc(Cl)cs1. The first kappa shape index (κ1) is 12.6. The highest BCUT2D eigenvalue weighted by molar-refractivity contribution is 14.1. The fraction of sp³-hybridized carbons (Fsp3) is 0. The first-order valence-corrected chi connectivity index (χ1v) is 6.71. The van der Waals surface area contributed by atoms with Gasteiger partial charge in [-0.3, -0.25) is 0 Å². The number of benzene rings is 1. The lowest BCUT2D eigenvalue weighted by atomic mass is 10.2. The highest BCUT2D eigenvalue weighted by Gasteiger charge is 2.13. The van der Waals surface area contributed by atoms with Crippen LogP contribution in [0.4, 0.5) is 0 Å². The molecule has 17 heavy (non-hydrogen) atoms. The zero-order valence-corrected chi connectivity index (χ0v) is 11.9. The van der Waals surface area contributed by atoms with Crippen molar-refractivity contribution in [1.29, 1.82) is 0 Å². The van der Waals surface area contributed by atoms with Crippen LogP contribution in [-0.4, -0.2) is 16.1 Å². The third-order valence-electron chi connectivity index (χ3n) is 1.82. The minimum Gasteiger partial charge on any atom is -0.478 e. The van der Waals surface area contributed by atoms with Gasteiger partial charge >= 0.3 is 5.97 Å². The summed E-state index contributed by atoms with van der Waals surface area (Å²) >= 11 is 8.90. The van der Waals surface area contributed by atoms with E-state index in [4.69, 9.17) is 21.4 Å². The van der Waals surface area contributed by atoms with Crippen molar-refractivity contribution in [3.63, 3.8) is 0 Å². The van der Waals surface area contributed by atoms with Gasteiger partial charge in [-0.2, -0.15) is 4.98 Å². The lowest BCUT2D eigenvalue weighted by Crippen LogP contribution is -2.00. The van der Waals surface area contributed by atoms with Crippen LogP contribution >= 0.6 is 45.5 Å². The van der Waals surface area contributed by atoms with Gasteiger partial charge in [0.25, 0.3) is 5.19 Å². The Morgan fingerprint density at radius 2 is 2.29 bits per heavy atom. The smallest absolute Gasteiger partial charge is 0.339 e. The normalized spacial score (nSPS) is 10.2. The highest BCUT2D eigenvalue weighted by Crippen LogP contribution is 2.30. The van der Waals surface area contributed by atoms with Crippen molar-refractivity contribution < 1.29 is 14.6 Å². The predicted molar refractivity (Wildman–Crippen MR) is 73.3 cm³/mol. The maximum Gasteiger partial charge on any atom is 0.339 e. The van der Waals surface area contributed by atoms with Crippen molar-refractivity contribution in [1.82, 2.24) is 4.98 Å². The van der Waals surface area contributed by atoms with Gasteiger partial charge in [-0.25, -0.2) is 4.79 Å². The van der Waals surface area contributed by atoms with Gasteiger partial charge in [0.15, 0.2) is 0 Å². The molecule has 0 saturated heterocycles. The zero-order valence-electron chi connectivity index (χ0n) is 8.18. The van der Waals surface area contributed by atoms with E-state index in [2.05, 4.69) is 4.98 Å². The molecule has 7 heteroatoms. The maximum absolute atomic E-state index is 11.0. The zero-order chi connectivity index (χ0) is 12.4. The number of hydrogen-bond acceptors (Lipinski definition) is 4. The molecular formula is C10H5ClINO3S. The molecule has 0 aliphatic carbocycles. The molecule has 88 valence electrons. The van der Waals surface area contributed by atoms with Gasteiger partial charge in [0.05, 0.1) is 0 Å². The van der Waals surface area contributed by atoms with Crippen LogP contribution in [0.1, 0.15) is 10.4 Å². The summed E-state index contributed by atoms with van der Waals surface area (Å²) < 4.78 is 6.21. The molecule has 2 aromatic rings. The standard InChI is InChI=1S/C10H5ClINO3S/c11-8-4-17-10(13-8)16-7-2-1-5(12)3-6(7)9(14)15/h1-4H,(H,14,15). The van der Waals surface area contributed by atoms with E-state index >= 15 is 0 Å². The first-order valence-electron chi connectivity index (χ1n) is 4.38. The van der Waals surface area contributed by atoms with Crippen LogP contribution in [0.5, 0.6) is 10.9 Å². The van der Waals surface area contributed by atoms with Gasteiger partial charge in [-0.1, -0.05) is 22.9 Å². The van der Waals surface area contributed by atoms with Gasteiger partial charge in [-0.15, -0.1) is 0 Å². The van der Waals surface area contributed by atoms with Gasteiger partial charge in [-0.05, 0) is 40.8 Å². The van der Waals surface area contributed by atoms with Crippen LogP contribution in [0.15, 0.2) is 23.6 Å². The molecule has 0 spiro atoms. The summed E-state index contributed by atoms with van der Waals surface area (Å²) in [6.07, 6.45) is 0. The Hall–Kier alpha value is -0.860. The molecule has 1 aromatic carbocycles. The van der Waals surface area contributed by atoms with E-state index in [1.165, 1.54) is 17.4 Å². The lowest BCUT2D eigenvalue weighted by molar-refractivity contribution is 0.0694. The van der Waals surface area contributed by atoms with E-state index in [-0.39, 0.29) is 11.3 Å². The Morgan fingerprint density at radius 1 is 1.53 bits per heavy atom. The third-order valence-corrected chi connectivity index (χ3v) is 3.54. The molecule has 4 nitrogen and oxygen atoms in total. The predicted octanol–water partition coefficient (Wildman–Crippen LogP) is 3.89. The number of carbonyl (C=O) groups is 1. The summed E-state index contributed by atoms with van der Waals surface area (Å²) in [4.78, 5) is 14.9. The Balaban J connectivity index is 2.35. The summed E-state index contributed by atoms with van der Waals surface area (Å²) in [5, 5.41) is 11.3. The van der Waals surface area contributed by atoms with E-state index in [1.807, 2.05) is 22.6 Å². The van der Waals surface area contributed by atoms with Gasteiger partial charge in [0.2, 0.25) is 0 Å². The van der Waals surface area contributed by atoms with Crippen molar-refractivity contribution in [3.05, 3.63) is 37.9 Å². The molecule has 0 bridgehead atoms. The van der Waals surface area contributed by atoms with Crippen molar-refractivity contribution in [2.75, 3.05) is 0 Å². The van der Waals surface area contributed by atoms with E-state index in [9.17, 15) is 4.79 Å². The molecule has 0 radical (unpaired) electrons. The number of aromatic carboxylic acids is 1. The van der Waals surface area contributed by atoms with E-state index in [0.717, 1.165) is 3.57 Å². The lowest BCUT2D eigenvalue weighted by Gasteiger charge is -2.05. The molecule has 0 amide bonds. The Bertz CT molecular complexity index is 572. The molecule has 0 saturated carbocycles. The molecule has 1 N–H and O–H groups in total. The largest absolute Gasteiger partial charge is 0.478 e. The number of halogens is 2. The first-order chi connectivity index (χ1) is 8.06. The number of carboxylic acids is 1. The molecule has 2 rings (SSSR count). The fourth-order valence-corrected chi connectivity index (χ4v) is 2.43. The number of hydrogen-bond donors (Lipinski definition) is 1. The molecule has 0 unspecified atom stereocenters. The van der Waals surface area contributed by atoms with Crippen LogP contribution in [0, 0.1) is 3.57 Å². The molecule has 1 aromatic heterocycles. The van der Waals surface area contributed by atoms with Crippen LogP contribution in [0.2, 0.25) is 5.15 Å². The number of rotatable bonds is 3. The maximum atomic E-state index is 11.0. The Labute approximate surface area is 119 Å². The Kier molecular flexibility index (Phi) is 3.85. The van der Waals surface area contributed by atoms with Crippen LogP contribution in [0.3, 0.4) is 0 Å². The summed E-state index contributed by atoms with van der Waals surface area (Å²) in [6.45, 7) is 0. The summed E-state index contributed by atoms with van der Waals surface area (Å²) in [5.74, 6) is -0.787. The quantitative estimate of drug-likeness (QED) is 0.820. The average molecular weight is 382 g/mol. The summed E-state index contributed by atoms with van der Waals surface area (Å²) in [6, 6.07) is 4.89. The molecular weight excluding hydrogens is 377 g/mol. The second-order valence-corrected chi connectivity index (χ2v) is 5.44. The van der Waals surface area contributed by atoms with E-state index < -0.39 is 5.97 Å². The third kappa shape index (κ3) is 3.08. The van der Waals surface area contributed by atoms with E-state index in [1.54, 1.807) is 17.5 Å². The van der Waals surface area contributed by atoms with Crippen LogP contribution < -0.4 is 4.74 Å². The minimum absolute atomic E-state index is 0.100. The monoisotopic (exact) mass is 381 g/mol. The van der Waals surface area contributed by atoms with Crippen molar-refractivity contribution in [2.24, 2.45) is 0 Å². The van der Waals surface area contributed by atoms with Crippen molar-refractivity contribution >= 4 is 51.5 Å². The molecule has 0 aliphatic heterocycles. The molecule has 0 atom stereocenters. The minimum atomic E-state index is -1.04. The van der Waals surface area contributed by atoms with Gasteiger partial charge in [0, 0.05) is 8.95 Å². The number of thiazole rings is 1. The number of carboxylic acid groups (broad SMARTS) is 1. The molecule has 0 aliphatic rings. The molecule has 1 heterocycles. The van der Waals surface area contributed by atoms with Gasteiger partial charge < -0.3 is 9.84 Å².